The van der Waals surface area contributed by atoms with Crippen molar-refractivity contribution < 1.29 is 4.52 Å². The van der Waals surface area contributed by atoms with Gasteiger partial charge in [-0.05, 0) is 18.6 Å². The zero-order valence-corrected chi connectivity index (χ0v) is 12.8. The lowest BCUT2D eigenvalue weighted by atomic mass is 10.2. The van der Waals surface area contributed by atoms with Gasteiger partial charge in [-0.2, -0.15) is 4.98 Å². The number of aromatic nitrogens is 2. The summed E-state index contributed by atoms with van der Waals surface area (Å²) in [5.74, 6) is 1.96. The third-order valence-corrected chi connectivity index (χ3v) is 3.20. The second kappa shape index (κ2) is 7.64. The Labute approximate surface area is 128 Å². The summed E-state index contributed by atoms with van der Waals surface area (Å²) in [6, 6.07) is 7.71. The molecule has 1 aromatic carbocycles. The predicted octanol–water partition coefficient (Wildman–Crippen LogP) is 1.94. The molecule has 0 saturated heterocycles. The minimum absolute atomic E-state index is 0.610. The van der Waals surface area contributed by atoms with Crippen LogP contribution in [0.25, 0.3) is 0 Å². The second-order valence-corrected chi connectivity index (χ2v) is 4.84. The number of hydrogen-bond acceptors (Lipinski definition) is 4. The SMILES string of the molecule is CN=C(NCCc1nc(C)no1)NCc1ccccc1Cl. The summed E-state index contributed by atoms with van der Waals surface area (Å²) >= 11 is 6.11. The van der Waals surface area contributed by atoms with Crippen molar-refractivity contribution >= 4 is 17.6 Å². The number of halogens is 1. The molecule has 0 bridgehead atoms. The van der Waals surface area contributed by atoms with Crippen LogP contribution in [-0.2, 0) is 13.0 Å². The van der Waals surface area contributed by atoms with Crippen LogP contribution in [0.5, 0.6) is 0 Å². The summed E-state index contributed by atoms with van der Waals surface area (Å²) in [7, 11) is 1.72. The minimum Gasteiger partial charge on any atom is -0.356 e. The number of hydrogen-bond donors (Lipinski definition) is 2. The van der Waals surface area contributed by atoms with E-state index in [2.05, 4.69) is 25.8 Å². The molecular formula is C14H18ClN5O. The molecule has 0 atom stereocenters. The van der Waals surface area contributed by atoms with Crippen LogP contribution in [0.2, 0.25) is 5.02 Å². The number of benzene rings is 1. The third kappa shape index (κ3) is 4.75. The molecule has 2 aromatic rings. The maximum atomic E-state index is 6.11. The Morgan fingerprint density at radius 1 is 1.33 bits per heavy atom. The van der Waals surface area contributed by atoms with Crippen molar-refractivity contribution in [3.8, 4) is 0 Å². The van der Waals surface area contributed by atoms with Crippen LogP contribution >= 0.6 is 11.6 Å². The van der Waals surface area contributed by atoms with Crippen LogP contribution < -0.4 is 10.6 Å². The molecule has 21 heavy (non-hydrogen) atoms. The van der Waals surface area contributed by atoms with Gasteiger partial charge in [0.25, 0.3) is 0 Å². The summed E-state index contributed by atoms with van der Waals surface area (Å²) in [5.41, 5.74) is 1.02. The van der Waals surface area contributed by atoms with Gasteiger partial charge in [0.05, 0.1) is 0 Å². The molecule has 0 unspecified atom stereocenters. The van der Waals surface area contributed by atoms with Crippen molar-refractivity contribution in [2.45, 2.75) is 19.9 Å². The molecule has 0 saturated carbocycles. The highest BCUT2D eigenvalue weighted by atomic mass is 35.5. The number of aryl methyl sites for hydroxylation is 1. The second-order valence-electron chi connectivity index (χ2n) is 4.43. The Morgan fingerprint density at radius 3 is 2.81 bits per heavy atom. The first kappa shape index (κ1) is 15.3. The minimum atomic E-state index is 0.610. The maximum Gasteiger partial charge on any atom is 0.228 e. The quantitative estimate of drug-likeness (QED) is 0.652. The molecule has 7 heteroatoms. The number of rotatable bonds is 5. The molecule has 0 aliphatic rings. The smallest absolute Gasteiger partial charge is 0.228 e. The lowest BCUT2D eigenvalue weighted by Crippen LogP contribution is -2.37. The van der Waals surface area contributed by atoms with E-state index in [4.69, 9.17) is 16.1 Å². The Bertz CT molecular complexity index is 611. The molecular weight excluding hydrogens is 290 g/mol. The zero-order chi connectivity index (χ0) is 15.1. The van der Waals surface area contributed by atoms with Gasteiger partial charge in [-0.25, -0.2) is 0 Å². The highest BCUT2D eigenvalue weighted by Gasteiger charge is 2.04. The van der Waals surface area contributed by atoms with Gasteiger partial charge in [-0.15, -0.1) is 0 Å². The van der Waals surface area contributed by atoms with Crippen LogP contribution in [0.3, 0.4) is 0 Å². The number of guanidine groups is 1. The fraction of sp³-hybridized carbons (Fsp3) is 0.357. The van der Waals surface area contributed by atoms with Gasteiger partial charge in [-0.3, -0.25) is 4.99 Å². The Kier molecular flexibility index (Phi) is 5.57. The average Bonchev–Trinajstić information content (AvgIpc) is 2.90. The number of nitrogens with one attached hydrogen (secondary N) is 2. The molecule has 2 N–H and O–H groups in total. The molecule has 0 spiro atoms. The molecule has 112 valence electrons. The van der Waals surface area contributed by atoms with Crippen LogP contribution in [0.1, 0.15) is 17.3 Å². The van der Waals surface area contributed by atoms with E-state index in [1.807, 2.05) is 24.3 Å². The van der Waals surface area contributed by atoms with Gasteiger partial charge in [0.1, 0.15) is 0 Å². The van der Waals surface area contributed by atoms with E-state index in [-0.39, 0.29) is 0 Å². The van der Waals surface area contributed by atoms with Crippen LogP contribution in [0.15, 0.2) is 33.8 Å². The summed E-state index contributed by atoms with van der Waals surface area (Å²) < 4.78 is 5.05. The summed E-state index contributed by atoms with van der Waals surface area (Å²) in [6.45, 7) is 3.06. The Hall–Kier alpha value is -2.08. The van der Waals surface area contributed by atoms with Crippen molar-refractivity contribution in [3.63, 3.8) is 0 Å². The zero-order valence-electron chi connectivity index (χ0n) is 12.1. The predicted molar refractivity (Wildman–Crippen MR) is 82.4 cm³/mol. The number of nitrogens with zero attached hydrogens (tertiary/aromatic N) is 3. The largest absolute Gasteiger partial charge is 0.356 e. The van der Waals surface area contributed by atoms with Gasteiger partial charge >= 0.3 is 0 Å². The Balaban J connectivity index is 1.77. The molecule has 0 aliphatic carbocycles. The molecule has 0 amide bonds. The first-order valence-corrected chi connectivity index (χ1v) is 7.04. The van der Waals surface area contributed by atoms with Gasteiger partial charge in [-0.1, -0.05) is 35.0 Å². The van der Waals surface area contributed by atoms with E-state index in [0.29, 0.717) is 37.2 Å². The lowest BCUT2D eigenvalue weighted by Gasteiger charge is -2.11. The van der Waals surface area contributed by atoms with Gasteiger partial charge in [0, 0.05) is 31.6 Å². The van der Waals surface area contributed by atoms with Gasteiger partial charge in [0.2, 0.25) is 5.89 Å². The van der Waals surface area contributed by atoms with Crippen LogP contribution in [0.4, 0.5) is 0 Å². The highest BCUT2D eigenvalue weighted by molar-refractivity contribution is 6.31. The Morgan fingerprint density at radius 2 is 2.14 bits per heavy atom. The fourth-order valence-electron chi connectivity index (χ4n) is 1.77. The van der Waals surface area contributed by atoms with Crippen LogP contribution in [-0.4, -0.2) is 29.7 Å². The summed E-state index contributed by atoms with van der Waals surface area (Å²) in [6.07, 6.45) is 0.646. The van der Waals surface area contributed by atoms with Crippen molar-refractivity contribution in [2.75, 3.05) is 13.6 Å². The molecule has 0 fully saturated rings. The first-order chi connectivity index (χ1) is 10.2. The normalized spacial score (nSPS) is 11.5. The molecule has 6 nitrogen and oxygen atoms in total. The molecule has 0 aliphatic heterocycles. The van der Waals surface area contributed by atoms with Gasteiger partial charge in [0.15, 0.2) is 11.8 Å². The van der Waals surface area contributed by atoms with E-state index in [1.54, 1.807) is 14.0 Å². The van der Waals surface area contributed by atoms with E-state index in [9.17, 15) is 0 Å². The summed E-state index contributed by atoms with van der Waals surface area (Å²) in [4.78, 5) is 8.30. The number of aliphatic imine (C=N–C) groups is 1. The van der Waals surface area contributed by atoms with Crippen molar-refractivity contribution in [1.29, 1.82) is 0 Å². The van der Waals surface area contributed by atoms with Crippen molar-refractivity contribution in [1.82, 2.24) is 20.8 Å². The van der Waals surface area contributed by atoms with E-state index < -0.39 is 0 Å². The summed E-state index contributed by atoms with van der Waals surface area (Å²) in [5, 5.41) is 10.9. The molecule has 1 heterocycles. The van der Waals surface area contributed by atoms with E-state index in [1.165, 1.54) is 0 Å². The van der Waals surface area contributed by atoms with E-state index >= 15 is 0 Å². The fourth-order valence-corrected chi connectivity index (χ4v) is 1.97. The van der Waals surface area contributed by atoms with Gasteiger partial charge < -0.3 is 15.2 Å². The molecule has 1 aromatic heterocycles. The first-order valence-electron chi connectivity index (χ1n) is 6.66. The highest BCUT2D eigenvalue weighted by Crippen LogP contribution is 2.14. The van der Waals surface area contributed by atoms with E-state index in [0.717, 1.165) is 10.6 Å². The maximum absolute atomic E-state index is 6.11. The topological polar surface area (TPSA) is 75.3 Å². The third-order valence-electron chi connectivity index (χ3n) is 2.83. The molecule has 2 rings (SSSR count). The standard InChI is InChI=1S/C14H18ClN5O/c1-10-19-13(21-20-10)7-8-17-14(16-2)18-9-11-5-3-4-6-12(11)15/h3-6H,7-9H2,1-2H3,(H2,16,17,18). The van der Waals surface area contributed by atoms with Crippen molar-refractivity contribution in [2.24, 2.45) is 4.99 Å². The lowest BCUT2D eigenvalue weighted by molar-refractivity contribution is 0.374. The van der Waals surface area contributed by atoms with Crippen LogP contribution in [0, 0.1) is 6.92 Å². The van der Waals surface area contributed by atoms with Crippen molar-refractivity contribution in [3.05, 3.63) is 46.6 Å². The average molecular weight is 308 g/mol. The molecule has 0 radical (unpaired) electrons. The monoisotopic (exact) mass is 307 g/mol.